The Kier molecular flexibility index (Phi) is 11.6. The quantitative estimate of drug-likeness (QED) is 0.0705. The third-order valence-corrected chi connectivity index (χ3v) is 8.66. The number of ether oxygens (including phenoxy) is 2. The summed E-state index contributed by atoms with van der Waals surface area (Å²) >= 11 is 0. The van der Waals surface area contributed by atoms with E-state index in [1.54, 1.807) is 5.32 Å². The molecule has 17 nitrogen and oxygen atoms in total. The van der Waals surface area contributed by atoms with Gasteiger partial charge < -0.3 is 35.2 Å². The van der Waals surface area contributed by atoms with Crippen LogP contribution >= 0.6 is 0 Å². The molecule has 4 heterocycles. The monoisotopic (exact) mass is 802 g/mol. The summed E-state index contributed by atoms with van der Waals surface area (Å²) < 4.78 is 85.7. The average Bonchev–Trinajstić information content (AvgIpc) is 3.61. The minimum Gasteiger partial charge on any atom is -0.483 e. The van der Waals surface area contributed by atoms with Crippen molar-refractivity contribution >= 4 is 58.2 Å². The lowest BCUT2D eigenvalue weighted by Crippen LogP contribution is -2.54. The Morgan fingerprint density at radius 3 is 2.51 bits per heavy atom. The Morgan fingerprint density at radius 1 is 1.05 bits per heavy atom. The fourth-order valence-electron chi connectivity index (χ4n) is 6.01. The Morgan fingerprint density at radius 2 is 1.79 bits per heavy atom. The zero-order valence-electron chi connectivity index (χ0n) is 29.6. The zero-order valence-corrected chi connectivity index (χ0v) is 29.6. The summed E-state index contributed by atoms with van der Waals surface area (Å²) in [5.41, 5.74) is -0.970. The number of anilines is 2. The van der Waals surface area contributed by atoms with Gasteiger partial charge in [-0.1, -0.05) is 6.07 Å². The molecule has 5 N–H and O–H groups in total. The zero-order chi connectivity index (χ0) is 41.0. The highest BCUT2D eigenvalue weighted by molar-refractivity contribution is 6.24. The second-order valence-electron chi connectivity index (χ2n) is 12.5. The molecule has 2 aromatic carbocycles. The summed E-state index contributed by atoms with van der Waals surface area (Å²) in [5, 5.41) is 11.2. The third kappa shape index (κ3) is 8.90. The van der Waals surface area contributed by atoms with E-state index in [2.05, 4.69) is 31.2 Å². The molecule has 22 heteroatoms. The Bertz CT molecular complexity index is 2250. The highest BCUT2D eigenvalue weighted by Gasteiger charge is 2.47. The van der Waals surface area contributed by atoms with Gasteiger partial charge in [0.2, 0.25) is 17.8 Å². The van der Waals surface area contributed by atoms with Gasteiger partial charge in [0.1, 0.15) is 23.4 Å². The molecule has 0 aliphatic carbocycles. The van der Waals surface area contributed by atoms with E-state index in [0.29, 0.717) is 6.07 Å². The number of carbonyl (C=O) groups is 6. The number of nitrogens with one attached hydrogen (secondary N) is 5. The number of nitrogens with zero attached hydrogens (tertiary/aromatic N) is 3. The van der Waals surface area contributed by atoms with Crippen LogP contribution in [0.2, 0.25) is 0 Å². The number of imide groups is 2. The van der Waals surface area contributed by atoms with Gasteiger partial charge in [-0.2, -0.15) is 13.2 Å². The van der Waals surface area contributed by atoms with E-state index in [9.17, 15) is 50.7 Å². The van der Waals surface area contributed by atoms with Crippen molar-refractivity contribution < 1.29 is 64.6 Å². The molecule has 300 valence electrons. The van der Waals surface area contributed by atoms with Gasteiger partial charge in [0.15, 0.2) is 24.0 Å². The molecule has 6 rings (SSSR count). The highest BCUT2D eigenvalue weighted by Crippen LogP contribution is 2.39. The van der Waals surface area contributed by atoms with Gasteiger partial charge in [0.05, 0.1) is 42.4 Å². The first-order valence-electron chi connectivity index (χ1n) is 17.0. The van der Waals surface area contributed by atoms with Crippen LogP contribution in [0.5, 0.6) is 5.75 Å². The number of hydrogen-bond donors (Lipinski definition) is 5. The second-order valence-corrected chi connectivity index (χ2v) is 12.5. The fraction of sp³-hybridized carbons (Fsp3) is 0.314. The number of hydrogen-bond acceptors (Lipinski definition) is 12. The van der Waals surface area contributed by atoms with E-state index in [4.69, 9.17) is 13.9 Å². The summed E-state index contributed by atoms with van der Waals surface area (Å²) in [7, 11) is 0. The number of aryl methyl sites for hydroxylation is 1. The number of furan rings is 1. The van der Waals surface area contributed by atoms with Crippen LogP contribution in [0.15, 0.2) is 47.1 Å². The topological polar surface area (TPSA) is 223 Å². The number of carbonyl (C=O) groups excluding carboxylic acids is 6. The van der Waals surface area contributed by atoms with Crippen LogP contribution in [-0.2, 0) is 19.1 Å². The number of rotatable bonds is 14. The molecular formula is C35H31F5N8O9. The molecular weight excluding hydrogens is 771 g/mol. The van der Waals surface area contributed by atoms with Crippen molar-refractivity contribution in [2.24, 2.45) is 0 Å². The number of fused-ring (bicyclic) bond motifs is 2. The predicted molar refractivity (Wildman–Crippen MR) is 185 cm³/mol. The fourth-order valence-corrected chi connectivity index (χ4v) is 6.01. The molecule has 0 saturated carbocycles. The molecule has 2 aliphatic heterocycles. The normalized spacial score (nSPS) is 16.0. The van der Waals surface area contributed by atoms with Crippen molar-refractivity contribution in [2.45, 2.75) is 38.0 Å². The number of urea groups is 1. The molecule has 57 heavy (non-hydrogen) atoms. The molecule has 0 spiro atoms. The molecule has 2 aliphatic rings. The summed E-state index contributed by atoms with van der Waals surface area (Å²) in [6.45, 7) is 1.16. The maximum atomic E-state index is 14.1. The first-order valence-corrected chi connectivity index (χ1v) is 17.0. The van der Waals surface area contributed by atoms with Crippen molar-refractivity contribution in [1.29, 1.82) is 0 Å². The molecule has 0 radical (unpaired) electrons. The lowest BCUT2D eigenvalue weighted by molar-refractivity contribution is -0.158. The first-order chi connectivity index (χ1) is 27.1. The Hall–Kier alpha value is -6.71. The SMILES string of the molecule is Cc1c([C@@H](NC(=O)Nc2cnc(NCCOCCNC(=O)COc3cccc4c3C(=O)N(C3CCC(=O)NC3=O)C4=O)nc2)C(F)(F)F)oc2c(F)cc(F)cc12. The molecule has 2 aromatic heterocycles. The molecule has 1 fully saturated rings. The maximum Gasteiger partial charge on any atom is 0.416 e. The van der Waals surface area contributed by atoms with Gasteiger partial charge in [-0.3, -0.25) is 34.2 Å². The average molecular weight is 803 g/mol. The number of alkyl halides is 3. The van der Waals surface area contributed by atoms with Gasteiger partial charge in [0.25, 0.3) is 17.7 Å². The van der Waals surface area contributed by atoms with Gasteiger partial charge in [-0.25, -0.2) is 23.5 Å². The minimum atomic E-state index is -5.07. The van der Waals surface area contributed by atoms with Crippen LogP contribution in [0, 0.1) is 18.6 Å². The van der Waals surface area contributed by atoms with E-state index in [1.807, 2.05) is 0 Å². The Balaban J connectivity index is 0.895. The standard InChI is InChI=1S/C35H31F5N8O9/c1-16-20-11-17(36)12-21(37)28(20)57-27(16)29(35(38,39)40)47-34(54)45-18-13-43-33(44-14-18)42-8-10-55-9-7-41-25(50)15-56-23-4-2-3-19-26(23)32(53)48(31(19)52)22-5-6-24(49)46-30(22)51/h2-4,11-14,22,29H,5-10,15H2,1H3,(H,41,50)(H,42,43,44)(H2,45,47,54)(H,46,49,51)/t22?,29-/m1/s1. The van der Waals surface area contributed by atoms with Crippen LogP contribution < -0.4 is 31.3 Å². The molecule has 0 bridgehead atoms. The maximum absolute atomic E-state index is 14.1. The van der Waals surface area contributed by atoms with E-state index >= 15 is 0 Å². The summed E-state index contributed by atoms with van der Waals surface area (Å²) in [6, 6.07) is 0.376. The molecule has 1 unspecified atom stereocenters. The Labute approximate surface area is 317 Å². The van der Waals surface area contributed by atoms with Crippen LogP contribution in [0.25, 0.3) is 11.0 Å². The molecule has 4 aromatic rings. The number of piperidine rings is 1. The molecule has 2 atom stereocenters. The van der Waals surface area contributed by atoms with Crippen molar-refractivity contribution in [3.8, 4) is 5.75 Å². The van der Waals surface area contributed by atoms with Crippen molar-refractivity contribution in [1.82, 2.24) is 30.8 Å². The predicted octanol–water partition coefficient (Wildman–Crippen LogP) is 3.26. The van der Waals surface area contributed by atoms with E-state index in [1.165, 1.54) is 25.1 Å². The smallest absolute Gasteiger partial charge is 0.416 e. The van der Waals surface area contributed by atoms with Crippen LogP contribution in [0.1, 0.15) is 50.9 Å². The van der Waals surface area contributed by atoms with Gasteiger partial charge in [-0.05, 0) is 31.5 Å². The van der Waals surface area contributed by atoms with E-state index in [-0.39, 0.29) is 78.6 Å². The summed E-state index contributed by atoms with van der Waals surface area (Å²) in [6.07, 6.45) is -2.89. The van der Waals surface area contributed by atoms with Crippen LogP contribution in [0.4, 0.5) is 38.4 Å². The number of benzene rings is 2. The molecule has 1 saturated heterocycles. The highest BCUT2D eigenvalue weighted by atomic mass is 19.4. The summed E-state index contributed by atoms with van der Waals surface area (Å²) in [4.78, 5) is 83.5. The van der Waals surface area contributed by atoms with Crippen LogP contribution in [0.3, 0.4) is 0 Å². The van der Waals surface area contributed by atoms with Crippen molar-refractivity contribution in [2.75, 3.05) is 43.5 Å². The molecule has 7 amide bonds. The number of aromatic nitrogens is 2. The van der Waals surface area contributed by atoms with E-state index < -0.39 is 83.4 Å². The second kappa shape index (κ2) is 16.6. The van der Waals surface area contributed by atoms with Crippen molar-refractivity contribution in [3.05, 3.63) is 76.8 Å². The van der Waals surface area contributed by atoms with Gasteiger partial charge >= 0.3 is 12.2 Å². The lowest BCUT2D eigenvalue weighted by Gasteiger charge is -2.27. The van der Waals surface area contributed by atoms with Gasteiger partial charge in [-0.15, -0.1) is 0 Å². The lowest BCUT2D eigenvalue weighted by atomic mass is 10.0. The van der Waals surface area contributed by atoms with Crippen molar-refractivity contribution in [3.63, 3.8) is 0 Å². The first kappa shape index (κ1) is 40.0. The van der Waals surface area contributed by atoms with E-state index in [0.717, 1.165) is 23.4 Å². The van der Waals surface area contributed by atoms with Gasteiger partial charge in [0, 0.05) is 36.5 Å². The largest absolute Gasteiger partial charge is 0.483 e. The summed E-state index contributed by atoms with van der Waals surface area (Å²) in [5.74, 6) is -6.30. The minimum absolute atomic E-state index is 0.000293. The number of halogens is 5. The number of amides is 7. The third-order valence-electron chi connectivity index (χ3n) is 8.66. The van der Waals surface area contributed by atoms with Crippen LogP contribution in [-0.4, -0.2) is 95.6 Å².